The van der Waals surface area contributed by atoms with Gasteiger partial charge in [0.1, 0.15) is 0 Å². The fourth-order valence-electron chi connectivity index (χ4n) is 10.4. The van der Waals surface area contributed by atoms with Gasteiger partial charge in [0.15, 0.2) is 0 Å². The summed E-state index contributed by atoms with van der Waals surface area (Å²) in [5.74, 6) is 0.357. The molecule has 1 heteroatoms. The van der Waals surface area contributed by atoms with Crippen LogP contribution in [0.2, 0.25) is 0 Å². The second-order valence-electron chi connectivity index (χ2n) is 16.5. The summed E-state index contributed by atoms with van der Waals surface area (Å²) in [5, 5.41) is 10.4. The Kier molecular flexibility index (Phi) is 8.77. The third-order valence-electron chi connectivity index (χ3n) is 13.2. The van der Waals surface area contributed by atoms with E-state index in [2.05, 4.69) is 207 Å². The summed E-state index contributed by atoms with van der Waals surface area (Å²) in [6.45, 7) is 4.72. The van der Waals surface area contributed by atoms with Gasteiger partial charge in [-0.25, -0.2) is 0 Å². The van der Waals surface area contributed by atoms with Crippen LogP contribution in [-0.2, 0) is 0 Å². The fraction of sp³-hybridized carbons (Fsp3) is 0.138. The van der Waals surface area contributed by atoms with Gasteiger partial charge >= 0.3 is 0 Å². The summed E-state index contributed by atoms with van der Waals surface area (Å²) in [7, 11) is 0. The molecule has 0 fully saturated rings. The molecular formula is C58H47N. The van der Waals surface area contributed by atoms with Gasteiger partial charge in [-0.1, -0.05) is 178 Å². The number of hydrogen-bond donors (Lipinski definition) is 0. The second kappa shape index (κ2) is 14.6. The highest BCUT2D eigenvalue weighted by Gasteiger charge is 2.33. The van der Waals surface area contributed by atoms with Crippen LogP contribution in [0.15, 0.2) is 182 Å². The maximum absolute atomic E-state index is 2.63. The van der Waals surface area contributed by atoms with Crippen molar-refractivity contribution in [2.75, 3.05) is 4.90 Å². The van der Waals surface area contributed by atoms with Crippen LogP contribution < -0.4 is 15.3 Å². The molecule has 2 unspecified atom stereocenters. The van der Waals surface area contributed by atoms with Gasteiger partial charge in [-0.15, -0.1) is 0 Å². The van der Waals surface area contributed by atoms with Gasteiger partial charge in [0.25, 0.3) is 0 Å². The van der Waals surface area contributed by atoms with Gasteiger partial charge in [-0.05, 0) is 143 Å². The van der Waals surface area contributed by atoms with Crippen molar-refractivity contribution in [3.63, 3.8) is 0 Å². The number of para-hydroxylation sites is 1. The highest BCUT2D eigenvalue weighted by molar-refractivity contribution is 6.09. The zero-order valence-corrected chi connectivity index (χ0v) is 33.8. The molecule has 0 saturated heterocycles. The summed E-state index contributed by atoms with van der Waals surface area (Å²) in [5.41, 5.74) is 14.6. The number of hydrogen-bond acceptors (Lipinski definition) is 1. The lowest BCUT2D eigenvalue weighted by Crippen LogP contribution is -2.37. The van der Waals surface area contributed by atoms with Crippen LogP contribution in [0.5, 0.6) is 0 Å². The minimum Gasteiger partial charge on any atom is -0.333 e. The summed E-state index contributed by atoms with van der Waals surface area (Å²) < 4.78 is 0. The third kappa shape index (κ3) is 5.99. The van der Waals surface area contributed by atoms with Gasteiger partial charge in [0.05, 0.1) is 6.04 Å². The van der Waals surface area contributed by atoms with Crippen molar-refractivity contribution in [3.05, 3.63) is 203 Å². The lowest BCUT2D eigenvalue weighted by Gasteiger charge is -2.42. The zero-order chi connectivity index (χ0) is 39.5. The summed E-state index contributed by atoms with van der Waals surface area (Å²) in [4.78, 5) is 2.63. The molecule has 0 saturated carbocycles. The summed E-state index contributed by atoms with van der Waals surface area (Å²) in [6, 6.07) is 57.5. The predicted octanol–water partition coefficient (Wildman–Crippen LogP) is 14.1. The Hall–Kier alpha value is -6.70. The van der Waals surface area contributed by atoms with E-state index in [0.29, 0.717) is 5.92 Å². The number of allylic oxidation sites excluding steroid dienone is 3. The maximum atomic E-state index is 2.63. The molecule has 8 aromatic rings. The van der Waals surface area contributed by atoms with Gasteiger partial charge in [-0.3, -0.25) is 0 Å². The van der Waals surface area contributed by atoms with Crippen molar-refractivity contribution in [1.82, 2.24) is 0 Å². The van der Waals surface area contributed by atoms with E-state index in [0.717, 1.165) is 25.7 Å². The number of nitrogens with zero attached hydrogens (tertiary/aromatic N) is 1. The molecule has 8 aromatic carbocycles. The van der Waals surface area contributed by atoms with Crippen LogP contribution >= 0.6 is 0 Å². The number of benzene rings is 8. The van der Waals surface area contributed by atoms with E-state index in [-0.39, 0.29) is 6.04 Å². The SMILES string of the molecule is CCC1=C(c2ccc(-c3ccc4c(-c5ccc6ccccc6c5)c5c(c(-c6ccc7ccccc7c6)c4c3)=CCCC=5)cc2)N(C2C=CC=CC2)c2ccccc2C1C. The molecule has 1 heterocycles. The van der Waals surface area contributed by atoms with Crippen LogP contribution in [0, 0.1) is 0 Å². The standard InChI is InChI=1S/C58H47N/c1-3-49-38(2)50-21-13-14-24-55(50)59(48-19-5-4-6-20-48)58(49)42-29-25-41(26-30-42)45-33-34-53-54(37-45)57(47-32-28-40-16-8-10-18-44(40)36-47)52-23-12-11-22-51(52)56(53)46-31-27-39-15-7-9-17-43(39)35-46/h4-10,13-19,21-38,48H,3,11-12,20H2,1-2H3. The minimum absolute atomic E-state index is 0.274. The topological polar surface area (TPSA) is 3.24 Å². The smallest absolute Gasteiger partial charge is 0.0560 e. The van der Waals surface area contributed by atoms with Crippen molar-refractivity contribution >= 4 is 55.9 Å². The molecule has 2 atom stereocenters. The molecule has 0 N–H and O–H groups in total. The maximum Gasteiger partial charge on any atom is 0.0560 e. The lowest BCUT2D eigenvalue weighted by molar-refractivity contribution is 0.736. The van der Waals surface area contributed by atoms with Crippen LogP contribution in [0.1, 0.15) is 56.6 Å². The molecule has 0 aromatic heterocycles. The molecule has 1 nitrogen and oxygen atoms in total. The van der Waals surface area contributed by atoms with Crippen LogP contribution in [0.25, 0.3) is 83.5 Å². The van der Waals surface area contributed by atoms with Crippen molar-refractivity contribution in [3.8, 4) is 33.4 Å². The molecule has 0 amide bonds. The van der Waals surface area contributed by atoms with Gasteiger partial charge < -0.3 is 4.90 Å². The first-order chi connectivity index (χ1) is 29.1. The molecule has 0 spiro atoms. The molecule has 11 rings (SSSR count). The predicted molar refractivity (Wildman–Crippen MR) is 254 cm³/mol. The van der Waals surface area contributed by atoms with E-state index in [4.69, 9.17) is 0 Å². The summed E-state index contributed by atoms with van der Waals surface area (Å²) in [6.07, 6.45) is 18.2. The van der Waals surface area contributed by atoms with Crippen molar-refractivity contribution in [2.45, 2.75) is 51.5 Å². The van der Waals surface area contributed by atoms with Gasteiger partial charge in [-0.2, -0.15) is 0 Å². The van der Waals surface area contributed by atoms with E-state index < -0.39 is 0 Å². The van der Waals surface area contributed by atoms with E-state index in [1.165, 1.54) is 104 Å². The molecule has 284 valence electrons. The average molecular weight is 758 g/mol. The van der Waals surface area contributed by atoms with Gasteiger partial charge in [0, 0.05) is 17.3 Å². The Morgan fingerprint density at radius 2 is 1.10 bits per heavy atom. The first-order valence-corrected chi connectivity index (χ1v) is 21.5. The van der Waals surface area contributed by atoms with Crippen LogP contribution in [0.4, 0.5) is 5.69 Å². The van der Waals surface area contributed by atoms with Crippen molar-refractivity contribution in [2.24, 2.45) is 0 Å². The normalized spacial score (nSPS) is 17.2. The Balaban J connectivity index is 1.10. The summed E-state index contributed by atoms with van der Waals surface area (Å²) >= 11 is 0. The van der Waals surface area contributed by atoms with E-state index in [1.54, 1.807) is 0 Å². The molecule has 3 aliphatic rings. The van der Waals surface area contributed by atoms with E-state index >= 15 is 0 Å². The fourth-order valence-corrected chi connectivity index (χ4v) is 10.4. The Labute approximate surface area is 347 Å². The largest absolute Gasteiger partial charge is 0.333 e. The first kappa shape index (κ1) is 35.5. The Bertz CT molecular complexity index is 3190. The molecule has 0 bridgehead atoms. The number of rotatable bonds is 6. The van der Waals surface area contributed by atoms with Crippen LogP contribution in [0.3, 0.4) is 0 Å². The zero-order valence-electron chi connectivity index (χ0n) is 33.8. The average Bonchev–Trinajstić information content (AvgIpc) is 3.30. The lowest BCUT2D eigenvalue weighted by atomic mass is 9.81. The molecule has 59 heavy (non-hydrogen) atoms. The highest BCUT2D eigenvalue weighted by atomic mass is 15.2. The quantitative estimate of drug-likeness (QED) is 0.163. The number of fused-ring (bicyclic) bond motifs is 5. The third-order valence-corrected chi connectivity index (χ3v) is 13.2. The van der Waals surface area contributed by atoms with Crippen molar-refractivity contribution < 1.29 is 0 Å². The Morgan fingerprint density at radius 3 is 1.75 bits per heavy atom. The van der Waals surface area contributed by atoms with Crippen molar-refractivity contribution in [1.29, 1.82) is 0 Å². The van der Waals surface area contributed by atoms with Crippen LogP contribution in [-0.4, -0.2) is 6.04 Å². The van der Waals surface area contributed by atoms with E-state index in [9.17, 15) is 0 Å². The highest BCUT2D eigenvalue weighted by Crippen LogP contribution is 2.48. The molecule has 2 aliphatic carbocycles. The van der Waals surface area contributed by atoms with E-state index in [1.807, 2.05) is 0 Å². The second-order valence-corrected chi connectivity index (χ2v) is 16.5. The monoisotopic (exact) mass is 757 g/mol. The molecule has 1 aliphatic heterocycles. The van der Waals surface area contributed by atoms with Gasteiger partial charge in [0.2, 0.25) is 0 Å². The molecule has 0 radical (unpaired) electrons. The minimum atomic E-state index is 0.274. The molecular weight excluding hydrogens is 711 g/mol. The Morgan fingerprint density at radius 1 is 0.525 bits per heavy atom. The number of anilines is 1. The first-order valence-electron chi connectivity index (χ1n) is 21.5.